The molecule has 1 amide bonds. The van der Waals surface area contributed by atoms with Crippen LogP contribution in [0.2, 0.25) is 0 Å². The molecule has 0 heterocycles. The van der Waals surface area contributed by atoms with Gasteiger partial charge in [0.2, 0.25) is 5.91 Å². The quantitative estimate of drug-likeness (QED) is 0.639. The van der Waals surface area contributed by atoms with Crippen molar-refractivity contribution in [1.82, 2.24) is 5.32 Å². The molecule has 1 fully saturated rings. The Labute approximate surface area is 97.2 Å². The smallest absolute Gasteiger partial charge is 0.250 e. The van der Waals surface area contributed by atoms with Crippen LogP contribution >= 0.6 is 11.6 Å². The molecule has 1 unspecified atom stereocenters. The van der Waals surface area contributed by atoms with Gasteiger partial charge in [0.05, 0.1) is 0 Å². The second kappa shape index (κ2) is 11.8. The molecule has 0 aliphatic heterocycles. The SMILES string of the molecule is CCC.CCl.NCC(O)C(=O)NC1CC1. The highest BCUT2D eigenvalue weighted by atomic mass is 35.5. The summed E-state index contributed by atoms with van der Waals surface area (Å²) in [5.74, 6) is -0.343. The second-order valence-corrected chi connectivity index (χ2v) is 3.24. The fourth-order valence-corrected chi connectivity index (χ4v) is 0.632. The van der Waals surface area contributed by atoms with Crippen molar-refractivity contribution in [2.24, 2.45) is 5.73 Å². The molecular formula is C10H23ClN2O2. The molecule has 0 bridgehead atoms. The van der Waals surface area contributed by atoms with E-state index >= 15 is 0 Å². The zero-order valence-corrected chi connectivity index (χ0v) is 10.5. The summed E-state index contributed by atoms with van der Waals surface area (Å²) in [5.41, 5.74) is 5.06. The predicted molar refractivity (Wildman–Crippen MR) is 64.0 cm³/mol. The Morgan fingerprint density at radius 2 is 1.93 bits per heavy atom. The van der Waals surface area contributed by atoms with Crippen LogP contribution in [0.15, 0.2) is 0 Å². The van der Waals surface area contributed by atoms with Gasteiger partial charge in [-0.1, -0.05) is 20.3 Å². The van der Waals surface area contributed by atoms with Crippen LogP contribution in [-0.4, -0.2) is 36.1 Å². The number of nitrogens with one attached hydrogen (secondary N) is 1. The number of aliphatic hydroxyl groups is 1. The molecule has 0 radical (unpaired) electrons. The Balaban J connectivity index is 0. The summed E-state index contributed by atoms with van der Waals surface area (Å²) in [6.07, 6.45) is 3.76. The van der Waals surface area contributed by atoms with Crippen LogP contribution in [0.5, 0.6) is 0 Å². The van der Waals surface area contributed by atoms with E-state index in [0.717, 1.165) is 12.8 Å². The summed E-state index contributed by atoms with van der Waals surface area (Å²) < 4.78 is 0. The average molecular weight is 239 g/mol. The molecule has 0 aromatic heterocycles. The van der Waals surface area contributed by atoms with E-state index in [9.17, 15) is 4.79 Å². The first-order valence-electron chi connectivity index (χ1n) is 5.21. The normalized spacial score (nSPS) is 15.1. The van der Waals surface area contributed by atoms with Gasteiger partial charge in [0, 0.05) is 19.0 Å². The maximum Gasteiger partial charge on any atom is 0.250 e. The fraction of sp³-hybridized carbons (Fsp3) is 0.900. The highest BCUT2D eigenvalue weighted by molar-refractivity contribution is 6.15. The molecule has 92 valence electrons. The van der Waals surface area contributed by atoms with Crippen molar-refractivity contribution in [3.63, 3.8) is 0 Å². The first-order chi connectivity index (χ1) is 7.15. The van der Waals surface area contributed by atoms with Crippen LogP contribution in [0.4, 0.5) is 0 Å². The maximum atomic E-state index is 10.8. The molecule has 0 aromatic carbocycles. The minimum Gasteiger partial charge on any atom is -0.382 e. The van der Waals surface area contributed by atoms with Crippen LogP contribution in [0.1, 0.15) is 33.1 Å². The highest BCUT2D eigenvalue weighted by Gasteiger charge is 2.25. The van der Waals surface area contributed by atoms with E-state index in [2.05, 4.69) is 30.8 Å². The Morgan fingerprint density at radius 3 is 2.20 bits per heavy atom. The van der Waals surface area contributed by atoms with Gasteiger partial charge in [0.25, 0.3) is 0 Å². The lowest BCUT2D eigenvalue weighted by Crippen LogP contribution is -2.40. The number of carbonyl (C=O) groups is 1. The van der Waals surface area contributed by atoms with Gasteiger partial charge in [-0.25, -0.2) is 0 Å². The van der Waals surface area contributed by atoms with Crippen molar-refractivity contribution in [3.8, 4) is 0 Å². The molecule has 1 aliphatic carbocycles. The first-order valence-corrected chi connectivity index (χ1v) is 5.97. The molecule has 1 atom stereocenters. The van der Waals surface area contributed by atoms with Crippen molar-refractivity contribution < 1.29 is 9.90 Å². The van der Waals surface area contributed by atoms with E-state index in [-0.39, 0.29) is 12.5 Å². The maximum absolute atomic E-state index is 10.8. The molecule has 1 rings (SSSR count). The Kier molecular flexibility index (Phi) is 13.4. The summed E-state index contributed by atoms with van der Waals surface area (Å²) in [6, 6.07) is 0.300. The van der Waals surface area contributed by atoms with Crippen LogP contribution in [0.3, 0.4) is 0 Å². The van der Waals surface area contributed by atoms with E-state index in [1.165, 1.54) is 12.8 Å². The summed E-state index contributed by atoms with van der Waals surface area (Å²) in [5, 5.41) is 11.5. The lowest BCUT2D eigenvalue weighted by atomic mass is 10.3. The molecule has 0 saturated heterocycles. The predicted octanol–water partition coefficient (Wildman–Crippen LogP) is 0.856. The van der Waals surface area contributed by atoms with Gasteiger partial charge in [-0.15, -0.1) is 11.6 Å². The number of aliphatic hydroxyl groups excluding tert-OH is 1. The zero-order chi connectivity index (χ0) is 12.3. The van der Waals surface area contributed by atoms with E-state index in [4.69, 9.17) is 10.8 Å². The van der Waals surface area contributed by atoms with Crippen LogP contribution in [-0.2, 0) is 4.79 Å². The number of amides is 1. The largest absolute Gasteiger partial charge is 0.382 e. The minimum absolute atomic E-state index is 0.00144. The fourth-order valence-electron chi connectivity index (χ4n) is 0.632. The Hall–Kier alpha value is -0.320. The van der Waals surface area contributed by atoms with Crippen molar-refractivity contribution in [1.29, 1.82) is 0 Å². The van der Waals surface area contributed by atoms with Gasteiger partial charge in [-0.3, -0.25) is 4.79 Å². The average Bonchev–Trinajstić information content (AvgIpc) is 3.04. The van der Waals surface area contributed by atoms with Crippen LogP contribution < -0.4 is 11.1 Å². The highest BCUT2D eigenvalue weighted by Crippen LogP contribution is 2.18. The van der Waals surface area contributed by atoms with Gasteiger partial charge in [-0.2, -0.15) is 0 Å². The van der Waals surface area contributed by atoms with Crippen molar-refractivity contribution in [3.05, 3.63) is 0 Å². The molecule has 0 spiro atoms. The van der Waals surface area contributed by atoms with Gasteiger partial charge in [0.15, 0.2) is 0 Å². The molecule has 4 N–H and O–H groups in total. The van der Waals surface area contributed by atoms with E-state index in [1.807, 2.05) is 0 Å². The van der Waals surface area contributed by atoms with Crippen molar-refractivity contribution >= 4 is 17.5 Å². The van der Waals surface area contributed by atoms with Gasteiger partial charge >= 0.3 is 0 Å². The lowest BCUT2D eigenvalue weighted by molar-refractivity contribution is -0.128. The third-order valence-electron chi connectivity index (χ3n) is 1.45. The van der Waals surface area contributed by atoms with Crippen LogP contribution in [0, 0.1) is 0 Å². The summed E-state index contributed by atoms with van der Waals surface area (Å²) in [7, 11) is 0. The lowest BCUT2D eigenvalue weighted by Gasteiger charge is -2.06. The molecule has 15 heavy (non-hydrogen) atoms. The topological polar surface area (TPSA) is 75.3 Å². The number of carbonyl (C=O) groups excluding carboxylic acids is 1. The number of hydrogen-bond donors (Lipinski definition) is 3. The van der Waals surface area contributed by atoms with E-state index < -0.39 is 6.10 Å². The molecule has 1 saturated carbocycles. The molecular weight excluding hydrogens is 216 g/mol. The Morgan fingerprint density at radius 1 is 1.53 bits per heavy atom. The third-order valence-corrected chi connectivity index (χ3v) is 1.45. The second-order valence-electron chi connectivity index (χ2n) is 3.24. The van der Waals surface area contributed by atoms with Gasteiger partial charge in [-0.05, 0) is 12.8 Å². The zero-order valence-electron chi connectivity index (χ0n) is 9.79. The van der Waals surface area contributed by atoms with Crippen LogP contribution in [0.25, 0.3) is 0 Å². The van der Waals surface area contributed by atoms with Crippen molar-refractivity contribution in [2.75, 3.05) is 12.9 Å². The number of halogens is 1. The number of hydrogen-bond acceptors (Lipinski definition) is 3. The minimum atomic E-state index is -1.03. The standard InChI is InChI=1S/C6H12N2O2.C3H8.CH3Cl/c7-3-5(9)6(10)8-4-1-2-4;1-3-2;1-2/h4-5,9H,1-3,7H2,(H,8,10);3H2,1-2H3;1H3. The summed E-state index contributed by atoms with van der Waals surface area (Å²) >= 11 is 4.64. The van der Waals surface area contributed by atoms with Gasteiger partial charge < -0.3 is 16.2 Å². The first kappa shape index (κ1) is 17.1. The Bertz CT molecular complexity index is 152. The molecule has 1 aliphatic rings. The van der Waals surface area contributed by atoms with Crippen molar-refractivity contribution in [2.45, 2.75) is 45.3 Å². The third kappa shape index (κ3) is 11.6. The molecule has 4 nitrogen and oxygen atoms in total. The number of alkyl halides is 1. The van der Waals surface area contributed by atoms with E-state index in [1.54, 1.807) is 0 Å². The monoisotopic (exact) mass is 238 g/mol. The number of rotatable bonds is 3. The van der Waals surface area contributed by atoms with E-state index in [0.29, 0.717) is 6.04 Å². The number of nitrogens with two attached hydrogens (primary N) is 1. The molecule has 5 heteroatoms. The van der Waals surface area contributed by atoms with Gasteiger partial charge in [0.1, 0.15) is 6.10 Å². The molecule has 0 aromatic rings. The summed E-state index contributed by atoms with van der Waals surface area (Å²) in [4.78, 5) is 10.8. The summed E-state index contributed by atoms with van der Waals surface area (Å²) in [6.45, 7) is 4.25.